The molecular weight excluding hydrogens is 494 g/mol. The molecule has 2 aliphatic rings. The highest BCUT2D eigenvalue weighted by atomic mass is 32.1. The zero-order valence-electron chi connectivity index (χ0n) is 22.8. The van der Waals surface area contributed by atoms with E-state index in [4.69, 9.17) is 9.72 Å². The number of hydrogen-bond acceptors (Lipinski definition) is 6. The van der Waals surface area contributed by atoms with Crippen molar-refractivity contribution in [1.29, 1.82) is 0 Å². The lowest BCUT2D eigenvalue weighted by atomic mass is 9.93. The molecule has 1 atom stereocenters. The molecule has 2 heterocycles. The number of aromatic nitrogens is 1. The smallest absolute Gasteiger partial charge is 0.221 e. The number of Topliss-reactive ketones (excluding diaryl/α,β-unsaturated/α-hetero) is 1. The zero-order valence-corrected chi connectivity index (χ0v) is 23.6. The quantitative estimate of drug-likeness (QED) is 0.382. The van der Waals surface area contributed by atoms with Gasteiger partial charge in [0.15, 0.2) is 0 Å². The monoisotopic (exact) mass is 535 g/mol. The van der Waals surface area contributed by atoms with Gasteiger partial charge >= 0.3 is 0 Å². The van der Waals surface area contributed by atoms with Gasteiger partial charge in [0.05, 0.1) is 28.8 Å². The van der Waals surface area contributed by atoms with Crippen molar-refractivity contribution in [2.75, 3.05) is 39.4 Å². The van der Waals surface area contributed by atoms with E-state index in [9.17, 15) is 9.59 Å². The summed E-state index contributed by atoms with van der Waals surface area (Å²) in [4.78, 5) is 33.9. The Labute approximate surface area is 231 Å². The number of amides is 1. The molecule has 4 rings (SSSR count). The summed E-state index contributed by atoms with van der Waals surface area (Å²) in [5.74, 6) is 0.866. The number of benzene rings is 1. The molecule has 1 aromatic carbocycles. The summed E-state index contributed by atoms with van der Waals surface area (Å²) in [7, 11) is 0. The topological polar surface area (TPSA) is 71.5 Å². The lowest BCUT2D eigenvalue weighted by Crippen LogP contribution is -2.39. The molecule has 1 aromatic heterocycles. The van der Waals surface area contributed by atoms with Crippen LogP contribution in [0.25, 0.3) is 12.2 Å². The molecule has 1 aliphatic carbocycles. The Hall–Kier alpha value is -2.61. The van der Waals surface area contributed by atoms with Crippen LogP contribution < -0.4 is 5.32 Å². The second kappa shape index (κ2) is 14.5. The number of morpholine rings is 1. The number of fused-ring (bicyclic) bond motifs is 1. The molecule has 0 bridgehead atoms. The van der Waals surface area contributed by atoms with Crippen LogP contribution in [-0.4, -0.2) is 61.0 Å². The molecule has 0 saturated carbocycles. The van der Waals surface area contributed by atoms with Crippen molar-refractivity contribution in [3.8, 4) is 0 Å². The number of allylic oxidation sites excluding steroid dienone is 2. The highest BCUT2D eigenvalue weighted by Gasteiger charge is 2.19. The first-order chi connectivity index (χ1) is 18.5. The normalized spacial score (nSPS) is 16.6. The number of aryl methyl sites for hydroxylation is 1. The largest absolute Gasteiger partial charge is 0.379 e. The van der Waals surface area contributed by atoms with Gasteiger partial charge in [0.1, 0.15) is 5.78 Å². The molecule has 204 valence electrons. The third-order valence-corrected chi connectivity index (χ3v) is 8.34. The number of nitrogens with one attached hydrogen (secondary N) is 1. The molecule has 6 nitrogen and oxygen atoms in total. The van der Waals surface area contributed by atoms with Crippen LogP contribution in [0.4, 0.5) is 0 Å². The Morgan fingerprint density at radius 2 is 1.92 bits per heavy atom. The van der Waals surface area contributed by atoms with Crippen molar-refractivity contribution in [3.05, 3.63) is 63.1 Å². The van der Waals surface area contributed by atoms with Crippen LogP contribution in [0.3, 0.4) is 0 Å². The lowest BCUT2D eigenvalue weighted by Gasteiger charge is -2.26. The molecule has 0 spiro atoms. The van der Waals surface area contributed by atoms with E-state index in [-0.39, 0.29) is 17.6 Å². The maximum atomic E-state index is 13.1. The number of nitrogens with zero attached hydrogens (tertiary/aromatic N) is 2. The number of ether oxygens (including phenoxy) is 1. The van der Waals surface area contributed by atoms with Crippen molar-refractivity contribution >= 4 is 35.2 Å². The van der Waals surface area contributed by atoms with Crippen molar-refractivity contribution in [2.24, 2.45) is 11.8 Å². The van der Waals surface area contributed by atoms with E-state index in [1.54, 1.807) is 11.3 Å². The number of thiazole rings is 1. The number of ketones is 1. The molecular formula is C31H41N3O3S. The van der Waals surface area contributed by atoms with E-state index in [2.05, 4.69) is 54.4 Å². The van der Waals surface area contributed by atoms with Crippen LogP contribution in [0, 0.1) is 11.8 Å². The third-order valence-electron chi connectivity index (χ3n) is 7.26. The average molecular weight is 536 g/mol. The molecule has 1 amide bonds. The second-order valence-corrected chi connectivity index (χ2v) is 11.8. The minimum Gasteiger partial charge on any atom is -0.379 e. The van der Waals surface area contributed by atoms with Gasteiger partial charge in [0.2, 0.25) is 5.91 Å². The minimum atomic E-state index is 0.0492. The first-order valence-corrected chi connectivity index (χ1v) is 14.8. The maximum absolute atomic E-state index is 13.1. The fraction of sp³-hybridized carbons (Fsp3) is 0.516. The predicted octanol–water partition coefficient (Wildman–Crippen LogP) is 5.19. The lowest BCUT2D eigenvalue weighted by molar-refractivity contribution is -0.123. The Kier molecular flexibility index (Phi) is 10.9. The fourth-order valence-corrected chi connectivity index (χ4v) is 5.95. The Morgan fingerprint density at radius 3 is 2.68 bits per heavy atom. The van der Waals surface area contributed by atoms with Crippen molar-refractivity contribution < 1.29 is 14.3 Å². The zero-order chi connectivity index (χ0) is 26.7. The molecule has 2 aromatic rings. The van der Waals surface area contributed by atoms with Crippen molar-refractivity contribution in [1.82, 2.24) is 15.2 Å². The van der Waals surface area contributed by atoms with Gasteiger partial charge < -0.3 is 10.1 Å². The number of carbonyl (C=O) groups is 2. The van der Waals surface area contributed by atoms with Crippen molar-refractivity contribution in [2.45, 2.75) is 52.4 Å². The van der Waals surface area contributed by atoms with E-state index in [1.807, 2.05) is 18.2 Å². The van der Waals surface area contributed by atoms with E-state index in [1.165, 1.54) is 16.0 Å². The Balaban J connectivity index is 1.29. The summed E-state index contributed by atoms with van der Waals surface area (Å²) in [5, 5.41) is 4.12. The summed E-state index contributed by atoms with van der Waals surface area (Å²) in [6.07, 6.45) is 10.4. The average Bonchev–Trinajstić information content (AvgIpc) is 3.20. The second-order valence-electron chi connectivity index (χ2n) is 10.6. The molecule has 0 unspecified atom stereocenters. The summed E-state index contributed by atoms with van der Waals surface area (Å²) < 4.78 is 5.38. The van der Waals surface area contributed by atoms with Gasteiger partial charge in [-0.3, -0.25) is 14.5 Å². The van der Waals surface area contributed by atoms with Gasteiger partial charge in [-0.15, -0.1) is 11.3 Å². The summed E-state index contributed by atoms with van der Waals surface area (Å²) in [6, 6.07) is 10.2. The van der Waals surface area contributed by atoms with Crippen LogP contribution in [-0.2, 0) is 27.2 Å². The van der Waals surface area contributed by atoms with E-state index >= 15 is 0 Å². The van der Waals surface area contributed by atoms with Gasteiger partial charge in [0.25, 0.3) is 0 Å². The van der Waals surface area contributed by atoms with E-state index in [0.717, 1.165) is 56.4 Å². The maximum Gasteiger partial charge on any atom is 0.221 e. The van der Waals surface area contributed by atoms with Gasteiger partial charge in [-0.2, -0.15) is 0 Å². The molecule has 1 N–H and O–H groups in total. The first kappa shape index (κ1) is 28.4. The highest BCUT2D eigenvalue weighted by Crippen LogP contribution is 2.30. The molecule has 1 fully saturated rings. The van der Waals surface area contributed by atoms with E-state index in [0.29, 0.717) is 38.1 Å². The molecule has 7 heteroatoms. The highest BCUT2D eigenvalue weighted by molar-refractivity contribution is 7.12. The summed E-state index contributed by atoms with van der Waals surface area (Å²) in [6.45, 7) is 8.95. The first-order valence-electron chi connectivity index (χ1n) is 14.0. The number of rotatable bonds is 13. The Morgan fingerprint density at radius 1 is 1.13 bits per heavy atom. The van der Waals surface area contributed by atoms with E-state index < -0.39 is 0 Å². The van der Waals surface area contributed by atoms with Crippen LogP contribution in [0.5, 0.6) is 0 Å². The van der Waals surface area contributed by atoms with Crippen LogP contribution in [0.2, 0.25) is 0 Å². The van der Waals surface area contributed by atoms with Gasteiger partial charge in [0, 0.05) is 51.9 Å². The molecule has 1 aliphatic heterocycles. The van der Waals surface area contributed by atoms with Gasteiger partial charge in [-0.1, -0.05) is 55.8 Å². The van der Waals surface area contributed by atoms with Gasteiger partial charge in [-0.05, 0) is 42.4 Å². The van der Waals surface area contributed by atoms with Crippen LogP contribution in [0.1, 0.15) is 60.7 Å². The predicted molar refractivity (Wildman–Crippen MR) is 155 cm³/mol. The summed E-state index contributed by atoms with van der Waals surface area (Å²) in [5.41, 5.74) is 3.63. The SMILES string of the molecule is CC(C)C1=Cc2sc(CCC(=O)C[C@@H](CNC(=O)CCN3CCOCC3)Cc3ccccc3)nc2C=CC1. The molecule has 38 heavy (non-hydrogen) atoms. The third kappa shape index (κ3) is 9.00. The summed E-state index contributed by atoms with van der Waals surface area (Å²) >= 11 is 1.70. The number of hydrogen-bond donors (Lipinski definition) is 1. The standard InChI is InChI=1S/C31H41N3O3S/c1-23(2)26-9-6-10-28-29(21-26)38-31(33-28)12-11-27(35)20-25(19-24-7-4-3-5-8-24)22-32-30(36)13-14-34-15-17-37-18-16-34/h3-8,10,21,23,25H,9,11-20,22H2,1-2H3,(H,32,36)/t25-/m0/s1. The minimum absolute atomic E-state index is 0.0492. The van der Waals surface area contributed by atoms with Crippen LogP contribution >= 0.6 is 11.3 Å². The Bertz CT molecular complexity index is 1120. The van der Waals surface area contributed by atoms with Gasteiger partial charge in [-0.25, -0.2) is 4.98 Å². The number of carbonyl (C=O) groups excluding carboxylic acids is 2. The molecule has 0 radical (unpaired) electrons. The molecule has 1 saturated heterocycles. The van der Waals surface area contributed by atoms with Crippen LogP contribution in [0.15, 0.2) is 42.0 Å². The van der Waals surface area contributed by atoms with Crippen molar-refractivity contribution in [3.63, 3.8) is 0 Å². The fourth-order valence-electron chi connectivity index (χ4n) is 4.92.